The van der Waals surface area contributed by atoms with Crippen LogP contribution in [0.1, 0.15) is 15.9 Å². The molecule has 0 saturated carbocycles. The van der Waals surface area contributed by atoms with E-state index in [2.05, 4.69) is 10.5 Å². The number of nitro groups is 1. The molecular formula is C17H15N3O7. The van der Waals surface area contributed by atoms with Gasteiger partial charge in [0.2, 0.25) is 0 Å². The minimum absolute atomic E-state index is 0.0938. The highest BCUT2D eigenvalue weighted by Gasteiger charge is 2.11. The van der Waals surface area contributed by atoms with Gasteiger partial charge >= 0.3 is 5.97 Å². The Labute approximate surface area is 153 Å². The Morgan fingerprint density at radius 1 is 1.26 bits per heavy atom. The van der Waals surface area contributed by atoms with Crippen LogP contribution in [0.25, 0.3) is 0 Å². The molecule has 2 aromatic carbocycles. The van der Waals surface area contributed by atoms with Gasteiger partial charge in [-0.2, -0.15) is 5.10 Å². The quantitative estimate of drug-likeness (QED) is 0.408. The number of nitrogens with zero attached hydrogens (tertiary/aromatic N) is 2. The second kappa shape index (κ2) is 8.94. The fraction of sp³-hybridized carbons (Fsp3) is 0.118. The van der Waals surface area contributed by atoms with Gasteiger partial charge in [0.25, 0.3) is 11.6 Å². The number of benzene rings is 2. The van der Waals surface area contributed by atoms with Crippen molar-refractivity contribution in [3.63, 3.8) is 0 Å². The molecule has 0 aliphatic rings. The standard InChI is InChI=1S/C17H15N3O7/c1-26-15-7-11(5-6-14(15)27-10-16(21)22)9-18-19-17(23)12-3-2-4-13(8-12)20(24)25/h2-9H,10H2,1H3,(H,19,23)(H,21,22)/b18-9+. The number of nitrogens with one attached hydrogen (secondary N) is 1. The van der Waals surface area contributed by atoms with Crippen molar-refractivity contribution in [1.29, 1.82) is 0 Å². The lowest BCUT2D eigenvalue weighted by Crippen LogP contribution is -2.17. The first-order valence-electron chi connectivity index (χ1n) is 7.51. The number of amides is 1. The number of hydrogen-bond donors (Lipinski definition) is 2. The average molecular weight is 373 g/mol. The first-order valence-corrected chi connectivity index (χ1v) is 7.51. The van der Waals surface area contributed by atoms with Gasteiger partial charge < -0.3 is 14.6 Å². The first kappa shape index (κ1) is 19.4. The largest absolute Gasteiger partial charge is 0.493 e. The average Bonchev–Trinajstić information content (AvgIpc) is 2.66. The molecule has 1 amide bonds. The number of ether oxygens (including phenoxy) is 2. The molecule has 140 valence electrons. The van der Waals surface area contributed by atoms with Gasteiger partial charge in [-0.05, 0) is 29.8 Å². The third-order valence-electron chi connectivity index (χ3n) is 3.24. The van der Waals surface area contributed by atoms with Crippen molar-refractivity contribution in [3.05, 3.63) is 63.7 Å². The molecule has 2 aromatic rings. The van der Waals surface area contributed by atoms with Gasteiger partial charge in [-0.15, -0.1) is 0 Å². The third kappa shape index (κ3) is 5.53. The van der Waals surface area contributed by atoms with Crippen LogP contribution in [0, 0.1) is 10.1 Å². The number of carbonyl (C=O) groups excluding carboxylic acids is 1. The minimum Gasteiger partial charge on any atom is -0.493 e. The van der Waals surface area contributed by atoms with E-state index in [0.717, 1.165) is 6.07 Å². The predicted molar refractivity (Wildman–Crippen MR) is 94.3 cm³/mol. The molecule has 0 aliphatic heterocycles. The molecule has 0 heterocycles. The van der Waals surface area contributed by atoms with Crippen LogP contribution in [0.5, 0.6) is 11.5 Å². The maximum absolute atomic E-state index is 12.0. The summed E-state index contributed by atoms with van der Waals surface area (Å²) in [5.41, 5.74) is 2.71. The number of carboxylic acids is 1. The summed E-state index contributed by atoms with van der Waals surface area (Å²) in [5, 5.41) is 23.2. The molecule has 0 aromatic heterocycles. The first-order chi connectivity index (χ1) is 12.9. The monoisotopic (exact) mass is 373 g/mol. The molecule has 0 spiro atoms. The van der Waals surface area contributed by atoms with Gasteiger partial charge in [0.15, 0.2) is 18.1 Å². The van der Waals surface area contributed by atoms with E-state index in [0.29, 0.717) is 11.3 Å². The summed E-state index contributed by atoms with van der Waals surface area (Å²) in [6.07, 6.45) is 1.33. The minimum atomic E-state index is -1.12. The lowest BCUT2D eigenvalue weighted by molar-refractivity contribution is -0.384. The second-order valence-corrected chi connectivity index (χ2v) is 5.10. The van der Waals surface area contributed by atoms with Crippen LogP contribution in [0.2, 0.25) is 0 Å². The van der Waals surface area contributed by atoms with E-state index in [1.165, 1.54) is 37.6 Å². The molecule has 27 heavy (non-hydrogen) atoms. The predicted octanol–water partition coefficient (Wildman–Crippen LogP) is 1.83. The van der Waals surface area contributed by atoms with Gasteiger partial charge in [0.1, 0.15) is 0 Å². The van der Waals surface area contributed by atoms with Crippen molar-refractivity contribution in [2.75, 3.05) is 13.7 Å². The van der Waals surface area contributed by atoms with Crippen molar-refractivity contribution < 1.29 is 29.1 Å². The van der Waals surface area contributed by atoms with E-state index >= 15 is 0 Å². The van der Waals surface area contributed by atoms with E-state index in [1.807, 2.05) is 0 Å². The van der Waals surface area contributed by atoms with Crippen molar-refractivity contribution >= 4 is 23.8 Å². The summed E-state index contributed by atoms with van der Waals surface area (Å²) in [7, 11) is 1.40. The Kier molecular flexibility index (Phi) is 6.42. The van der Waals surface area contributed by atoms with Crippen molar-refractivity contribution in [3.8, 4) is 11.5 Å². The summed E-state index contributed by atoms with van der Waals surface area (Å²) < 4.78 is 10.2. The van der Waals surface area contributed by atoms with Gasteiger partial charge in [-0.25, -0.2) is 10.2 Å². The fourth-order valence-corrected chi connectivity index (χ4v) is 2.01. The number of hydrazone groups is 1. The topological polar surface area (TPSA) is 140 Å². The number of carboxylic acid groups (broad SMARTS) is 1. The summed E-state index contributed by atoms with van der Waals surface area (Å²) in [6.45, 7) is -0.511. The molecule has 10 heteroatoms. The van der Waals surface area contributed by atoms with Crippen LogP contribution in [-0.2, 0) is 4.79 Å². The fourth-order valence-electron chi connectivity index (χ4n) is 2.01. The lowest BCUT2D eigenvalue weighted by atomic mass is 10.2. The number of methoxy groups -OCH3 is 1. The molecule has 0 saturated heterocycles. The van der Waals surface area contributed by atoms with Crippen molar-refractivity contribution in [2.24, 2.45) is 5.10 Å². The van der Waals surface area contributed by atoms with Crippen LogP contribution in [0.3, 0.4) is 0 Å². The molecule has 0 aliphatic carbocycles. The Hall–Kier alpha value is -3.95. The van der Waals surface area contributed by atoms with Crippen LogP contribution < -0.4 is 14.9 Å². The molecule has 2 rings (SSSR count). The Morgan fingerprint density at radius 3 is 2.70 bits per heavy atom. The van der Waals surface area contributed by atoms with Crippen molar-refractivity contribution in [1.82, 2.24) is 5.43 Å². The second-order valence-electron chi connectivity index (χ2n) is 5.10. The molecule has 2 N–H and O–H groups in total. The lowest BCUT2D eigenvalue weighted by Gasteiger charge is -2.09. The summed E-state index contributed by atoms with van der Waals surface area (Å²) in [4.78, 5) is 32.7. The summed E-state index contributed by atoms with van der Waals surface area (Å²) in [5.74, 6) is -1.18. The number of nitro benzene ring substituents is 1. The zero-order valence-corrected chi connectivity index (χ0v) is 14.1. The van der Waals surface area contributed by atoms with Gasteiger partial charge in [-0.1, -0.05) is 6.07 Å². The maximum atomic E-state index is 12.0. The molecule has 10 nitrogen and oxygen atoms in total. The number of rotatable bonds is 8. The Bertz CT molecular complexity index is 896. The molecule has 0 fully saturated rings. The Morgan fingerprint density at radius 2 is 2.04 bits per heavy atom. The molecule has 0 atom stereocenters. The molecule has 0 radical (unpaired) electrons. The van der Waals surface area contributed by atoms with Gasteiger partial charge in [0.05, 0.1) is 18.2 Å². The summed E-state index contributed by atoms with van der Waals surface area (Å²) in [6, 6.07) is 9.88. The van der Waals surface area contributed by atoms with E-state index < -0.39 is 23.4 Å². The van der Waals surface area contributed by atoms with Gasteiger partial charge in [-0.3, -0.25) is 14.9 Å². The maximum Gasteiger partial charge on any atom is 0.341 e. The number of carbonyl (C=O) groups is 2. The summed E-state index contributed by atoms with van der Waals surface area (Å²) >= 11 is 0. The molecule has 0 bridgehead atoms. The van der Waals surface area contributed by atoms with Crippen molar-refractivity contribution in [2.45, 2.75) is 0 Å². The highest BCUT2D eigenvalue weighted by Crippen LogP contribution is 2.27. The van der Waals surface area contributed by atoms with E-state index in [4.69, 9.17) is 14.6 Å². The van der Waals surface area contributed by atoms with Crippen LogP contribution in [0.4, 0.5) is 5.69 Å². The van der Waals surface area contributed by atoms with Gasteiger partial charge in [0, 0.05) is 17.7 Å². The number of hydrogen-bond acceptors (Lipinski definition) is 7. The third-order valence-corrected chi connectivity index (χ3v) is 3.24. The van der Waals surface area contributed by atoms with Crippen LogP contribution >= 0.6 is 0 Å². The van der Waals surface area contributed by atoms with E-state index in [9.17, 15) is 19.7 Å². The van der Waals surface area contributed by atoms with Crippen LogP contribution in [-0.4, -0.2) is 41.8 Å². The number of aliphatic carboxylic acids is 1. The smallest absolute Gasteiger partial charge is 0.341 e. The number of non-ortho nitro benzene ring substituents is 1. The zero-order chi connectivity index (χ0) is 19.8. The normalized spacial score (nSPS) is 10.4. The van der Waals surface area contributed by atoms with Crippen LogP contribution in [0.15, 0.2) is 47.6 Å². The molecular weight excluding hydrogens is 358 g/mol. The highest BCUT2D eigenvalue weighted by molar-refractivity contribution is 5.95. The van der Waals surface area contributed by atoms with E-state index in [1.54, 1.807) is 12.1 Å². The van der Waals surface area contributed by atoms with E-state index in [-0.39, 0.29) is 17.0 Å². The Balaban J connectivity index is 2.05. The SMILES string of the molecule is COc1cc(/C=N/NC(=O)c2cccc([N+](=O)[O-])c2)ccc1OCC(=O)O. The highest BCUT2D eigenvalue weighted by atomic mass is 16.6. The zero-order valence-electron chi connectivity index (χ0n) is 14.1. The molecule has 0 unspecified atom stereocenters.